The van der Waals surface area contributed by atoms with Gasteiger partial charge in [-0.1, -0.05) is 0 Å². The van der Waals surface area contributed by atoms with Crippen LogP contribution in [0.25, 0.3) is 0 Å². The fourth-order valence-corrected chi connectivity index (χ4v) is 3.30. The van der Waals surface area contributed by atoms with E-state index >= 15 is 0 Å². The molecular weight excluding hydrogens is 306 g/mol. The lowest BCUT2D eigenvalue weighted by Gasteiger charge is -2.22. The Bertz CT molecular complexity index is 611. The zero-order chi connectivity index (χ0) is 16.3. The highest BCUT2D eigenvalue weighted by atomic mass is 32.1. The summed E-state index contributed by atoms with van der Waals surface area (Å²) in [6, 6.07) is -0.544. The maximum absolute atomic E-state index is 12.1. The Kier molecular flexibility index (Phi) is 5.15. The summed E-state index contributed by atoms with van der Waals surface area (Å²) in [6.45, 7) is 4.88. The molecule has 1 aromatic rings. The van der Waals surface area contributed by atoms with Gasteiger partial charge >= 0.3 is 5.97 Å². The van der Waals surface area contributed by atoms with E-state index in [1.165, 1.54) is 18.4 Å². The topological polar surface area (TPSA) is 96.5 Å². The minimum Gasteiger partial charge on any atom is -0.465 e. The van der Waals surface area contributed by atoms with E-state index in [1.54, 1.807) is 0 Å². The number of methoxy groups -OCH3 is 1. The molecule has 1 aliphatic rings. The molecule has 22 heavy (non-hydrogen) atoms. The Balaban J connectivity index is 2.10. The predicted octanol–water partition coefficient (Wildman–Crippen LogP) is 0.568. The molecule has 2 rings (SSSR count). The maximum atomic E-state index is 12.1. The number of piperazine rings is 1. The minimum atomic E-state index is -0.544. The molecule has 0 spiro atoms. The van der Waals surface area contributed by atoms with Crippen LogP contribution in [0.15, 0.2) is 0 Å². The van der Waals surface area contributed by atoms with E-state index in [9.17, 15) is 14.4 Å². The van der Waals surface area contributed by atoms with Crippen LogP contribution in [-0.2, 0) is 14.3 Å². The van der Waals surface area contributed by atoms with Crippen molar-refractivity contribution in [2.24, 2.45) is 0 Å². The summed E-state index contributed by atoms with van der Waals surface area (Å²) in [5.74, 6) is -0.986. The number of esters is 1. The molecule has 0 bridgehead atoms. The van der Waals surface area contributed by atoms with Crippen LogP contribution >= 0.6 is 11.3 Å². The first kappa shape index (κ1) is 16.4. The normalized spacial score (nSPS) is 17.8. The van der Waals surface area contributed by atoms with Crippen LogP contribution in [0.1, 0.15) is 27.2 Å². The van der Waals surface area contributed by atoms with Crippen molar-refractivity contribution in [1.29, 1.82) is 0 Å². The molecule has 0 aliphatic carbocycles. The average molecular weight is 325 g/mol. The van der Waals surface area contributed by atoms with Gasteiger partial charge in [0.05, 0.1) is 25.1 Å². The van der Waals surface area contributed by atoms with Gasteiger partial charge in [0.15, 0.2) is 0 Å². The van der Waals surface area contributed by atoms with E-state index in [-0.39, 0.29) is 18.2 Å². The van der Waals surface area contributed by atoms with E-state index in [0.717, 1.165) is 10.4 Å². The summed E-state index contributed by atoms with van der Waals surface area (Å²) in [5, 5.41) is 8.87. The van der Waals surface area contributed by atoms with Gasteiger partial charge in [-0.3, -0.25) is 9.59 Å². The van der Waals surface area contributed by atoms with E-state index in [1.807, 2.05) is 13.8 Å². The molecule has 1 aromatic heterocycles. The molecule has 1 saturated heterocycles. The number of rotatable bonds is 4. The van der Waals surface area contributed by atoms with Crippen LogP contribution in [-0.4, -0.2) is 44.0 Å². The molecule has 2 amide bonds. The van der Waals surface area contributed by atoms with Gasteiger partial charge in [0.25, 0.3) is 0 Å². The molecule has 120 valence electrons. The zero-order valence-electron chi connectivity index (χ0n) is 12.7. The molecule has 0 saturated carbocycles. The molecule has 1 fully saturated rings. The third kappa shape index (κ3) is 3.45. The first-order chi connectivity index (χ1) is 10.4. The number of carbonyl (C=O) groups excluding carboxylic acids is 3. The molecule has 3 N–H and O–H groups in total. The van der Waals surface area contributed by atoms with Crippen molar-refractivity contribution in [2.75, 3.05) is 25.5 Å². The van der Waals surface area contributed by atoms with Crippen molar-refractivity contribution >= 4 is 34.1 Å². The second-order valence-electron chi connectivity index (χ2n) is 5.03. The fourth-order valence-electron chi connectivity index (χ4n) is 2.24. The molecule has 7 nitrogen and oxygen atoms in total. The Hall–Kier alpha value is -1.93. The highest BCUT2D eigenvalue weighted by molar-refractivity contribution is 7.16. The lowest BCUT2D eigenvalue weighted by atomic mass is 10.1. The monoisotopic (exact) mass is 325 g/mol. The van der Waals surface area contributed by atoms with Gasteiger partial charge < -0.3 is 20.7 Å². The highest BCUT2D eigenvalue weighted by Crippen LogP contribution is 2.33. The first-order valence-corrected chi connectivity index (χ1v) is 7.75. The van der Waals surface area contributed by atoms with Crippen LogP contribution in [0.5, 0.6) is 0 Å². The van der Waals surface area contributed by atoms with Crippen molar-refractivity contribution in [3.63, 3.8) is 0 Å². The van der Waals surface area contributed by atoms with E-state index in [0.29, 0.717) is 23.7 Å². The number of carbonyl (C=O) groups is 3. The molecule has 1 atom stereocenters. The molecule has 2 heterocycles. The van der Waals surface area contributed by atoms with Crippen molar-refractivity contribution in [3.8, 4) is 0 Å². The summed E-state index contributed by atoms with van der Waals surface area (Å²) in [6.07, 6.45) is 0.0163. The number of nitrogens with one attached hydrogen (secondary N) is 3. The minimum absolute atomic E-state index is 0.0163. The van der Waals surface area contributed by atoms with Crippen LogP contribution in [0.3, 0.4) is 0 Å². The smallest absolute Gasteiger partial charge is 0.341 e. The lowest BCUT2D eigenvalue weighted by molar-refractivity contribution is -0.127. The van der Waals surface area contributed by atoms with Crippen molar-refractivity contribution in [2.45, 2.75) is 26.3 Å². The summed E-state index contributed by atoms with van der Waals surface area (Å²) < 4.78 is 4.76. The largest absolute Gasteiger partial charge is 0.465 e. The first-order valence-electron chi connectivity index (χ1n) is 6.93. The summed E-state index contributed by atoms with van der Waals surface area (Å²) in [4.78, 5) is 36.6. The highest BCUT2D eigenvalue weighted by Gasteiger charge is 2.26. The Morgan fingerprint density at radius 2 is 2.09 bits per heavy atom. The summed E-state index contributed by atoms with van der Waals surface area (Å²) >= 11 is 1.32. The van der Waals surface area contributed by atoms with E-state index in [2.05, 4.69) is 16.0 Å². The molecule has 8 heteroatoms. The van der Waals surface area contributed by atoms with Crippen molar-refractivity contribution in [3.05, 3.63) is 16.0 Å². The average Bonchev–Trinajstić information content (AvgIpc) is 2.75. The van der Waals surface area contributed by atoms with Crippen LogP contribution in [0.4, 0.5) is 5.00 Å². The van der Waals surface area contributed by atoms with E-state index in [4.69, 9.17) is 4.74 Å². The van der Waals surface area contributed by atoms with Gasteiger partial charge in [-0.15, -0.1) is 11.3 Å². The maximum Gasteiger partial charge on any atom is 0.341 e. The number of aryl methyl sites for hydroxylation is 1. The van der Waals surface area contributed by atoms with Crippen molar-refractivity contribution in [1.82, 2.24) is 10.6 Å². The van der Waals surface area contributed by atoms with Gasteiger partial charge in [-0.2, -0.15) is 0 Å². The number of thiophene rings is 1. The molecule has 0 aromatic carbocycles. The quantitative estimate of drug-likeness (QED) is 0.703. The van der Waals surface area contributed by atoms with Crippen molar-refractivity contribution < 1.29 is 19.1 Å². The molecular formula is C14H19N3O4S. The summed E-state index contributed by atoms with van der Waals surface area (Å²) in [5.41, 5.74) is 1.17. The van der Waals surface area contributed by atoms with Crippen LogP contribution in [0, 0.1) is 13.8 Å². The Morgan fingerprint density at radius 1 is 1.36 bits per heavy atom. The molecule has 1 aliphatic heterocycles. The third-order valence-electron chi connectivity index (χ3n) is 3.55. The van der Waals surface area contributed by atoms with Crippen LogP contribution < -0.4 is 16.0 Å². The Morgan fingerprint density at radius 3 is 2.73 bits per heavy atom. The van der Waals surface area contributed by atoms with Gasteiger partial charge in [0.1, 0.15) is 5.00 Å². The SMILES string of the molecule is COC(=O)c1c(NC(=O)C[C@@H]2NCCNC2=O)sc(C)c1C. The van der Waals surface area contributed by atoms with Gasteiger partial charge in [0, 0.05) is 18.0 Å². The Labute approximate surface area is 132 Å². The number of hydrogen-bond acceptors (Lipinski definition) is 6. The third-order valence-corrected chi connectivity index (χ3v) is 4.67. The number of ether oxygens (including phenoxy) is 1. The zero-order valence-corrected chi connectivity index (χ0v) is 13.6. The standard InChI is InChI=1S/C14H19N3O4S/c1-7-8(2)22-13(11(7)14(20)21-3)17-10(18)6-9-12(19)16-5-4-15-9/h9,15H,4-6H2,1-3H3,(H,16,19)(H,17,18)/t9-/m0/s1. The summed E-state index contributed by atoms with van der Waals surface area (Å²) in [7, 11) is 1.30. The van der Waals surface area contributed by atoms with Gasteiger partial charge in [-0.05, 0) is 19.4 Å². The lowest BCUT2D eigenvalue weighted by Crippen LogP contribution is -2.53. The van der Waals surface area contributed by atoms with Crippen LogP contribution in [0.2, 0.25) is 0 Å². The second kappa shape index (κ2) is 6.89. The second-order valence-corrected chi connectivity index (χ2v) is 6.25. The van der Waals surface area contributed by atoms with Gasteiger partial charge in [-0.25, -0.2) is 4.79 Å². The number of anilines is 1. The van der Waals surface area contributed by atoms with Gasteiger partial charge in [0.2, 0.25) is 11.8 Å². The number of amides is 2. The number of hydrogen-bond donors (Lipinski definition) is 3. The molecule has 0 radical (unpaired) electrons. The molecule has 0 unspecified atom stereocenters. The van der Waals surface area contributed by atoms with E-state index < -0.39 is 12.0 Å². The fraction of sp³-hybridized carbons (Fsp3) is 0.500. The predicted molar refractivity (Wildman–Crippen MR) is 83.2 cm³/mol.